The monoisotopic (exact) mass is 330 g/mol. The number of rotatable bonds is 2. The Labute approximate surface area is 147 Å². The van der Waals surface area contributed by atoms with Gasteiger partial charge < -0.3 is 9.88 Å². The predicted molar refractivity (Wildman–Crippen MR) is 99.4 cm³/mol. The van der Waals surface area contributed by atoms with Crippen LogP contribution in [0.1, 0.15) is 34.8 Å². The maximum absolute atomic E-state index is 12.6. The Hall–Kier alpha value is -2.55. The third-order valence-corrected chi connectivity index (χ3v) is 5.96. The number of benzene rings is 2. The molecule has 2 aliphatic heterocycles. The Morgan fingerprint density at radius 3 is 2.80 bits per heavy atom. The first-order chi connectivity index (χ1) is 12.2. The van der Waals surface area contributed by atoms with E-state index in [1.807, 2.05) is 0 Å². The van der Waals surface area contributed by atoms with Crippen LogP contribution in [0.2, 0.25) is 0 Å². The summed E-state index contributed by atoms with van der Waals surface area (Å²) in [5.41, 5.74) is 6.55. The number of hydrogen-bond donors (Lipinski definition) is 1. The molecular weight excluding hydrogens is 308 g/mol. The minimum atomic E-state index is 0.197. The van der Waals surface area contributed by atoms with E-state index in [4.69, 9.17) is 0 Å². The van der Waals surface area contributed by atoms with Crippen LogP contribution in [0.5, 0.6) is 0 Å². The van der Waals surface area contributed by atoms with Gasteiger partial charge in [-0.25, -0.2) is 0 Å². The van der Waals surface area contributed by atoms with Crippen LogP contribution >= 0.6 is 0 Å². The van der Waals surface area contributed by atoms with Crippen molar-refractivity contribution in [2.75, 3.05) is 6.54 Å². The minimum absolute atomic E-state index is 0.197. The fraction of sp³-hybridized carbons (Fsp3) is 0.318. The van der Waals surface area contributed by atoms with E-state index in [-0.39, 0.29) is 6.04 Å². The van der Waals surface area contributed by atoms with Crippen molar-refractivity contribution in [2.45, 2.75) is 32.2 Å². The lowest BCUT2D eigenvalue weighted by Gasteiger charge is -2.33. The molecule has 0 bridgehead atoms. The van der Waals surface area contributed by atoms with Gasteiger partial charge in [-0.05, 0) is 42.4 Å². The number of amides is 1. The standard InChI is InChI=1S/C22H22N2O/c1-14-6-5-9-17-18-10-11-24-19(25)13-16(12-15-7-3-2-4-8-15)22(24)21(18)23-20(14)17/h2-9,16,22-23H,10-13H2,1H3/t16-,22+/m1/s1. The highest BCUT2D eigenvalue weighted by Gasteiger charge is 2.44. The molecule has 1 saturated heterocycles. The van der Waals surface area contributed by atoms with Crippen LogP contribution in [0.25, 0.3) is 10.9 Å². The number of hydrogen-bond acceptors (Lipinski definition) is 1. The molecule has 1 aromatic heterocycles. The first-order valence-corrected chi connectivity index (χ1v) is 9.16. The van der Waals surface area contributed by atoms with E-state index in [2.05, 4.69) is 65.3 Å². The Bertz CT molecular complexity index is 957. The molecule has 25 heavy (non-hydrogen) atoms. The second-order valence-corrected chi connectivity index (χ2v) is 7.45. The third-order valence-electron chi connectivity index (χ3n) is 5.96. The Kier molecular flexibility index (Phi) is 3.24. The van der Waals surface area contributed by atoms with Crippen molar-refractivity contribution >= 4 is 16.8 Å². The van der Waals surface area contributed by atoms with Gasteiger partial charge in [0.2, 0.25) is 5.91 Å². The van der Waals surface area contributed by atoms with Crippen molar-refractivity contribution in [2.24, 2.45) is 5.92 Å². The van der Waals surface area contributed by atoms with Crippen LogP contribution in [0.15, 0.2) is 48.5 Å². The molecular formula is C22H22N2O. The number of nitrogens with one attached hydrogen (secondary N) is 1. The summed E-state index contributed by atoms with van der Waals surface area (Å²) in [4.78, 5) is 18.4. The molecule has 0 unspecified atom stereocenters. The summed E-state index contributed by atoms with van der Waals surface area (Å²) in [5, 5.41) is 1.34. The number of aromatic amines is 1. The Balaban J connectivity index is 1.60. The molecule has 126 valence electrons. The highest BCUT2D eigenvalue weighted by Crippen LogP contribution is 2.45. The molecule has 3 heteroatoms. The fourth-order valence-corrected chi connectivity index (χ4v) is 4.81. The predicted octanol–water partition coefficient (Wildman–Crippen LogP) is 4.16. The highest BCUT2D eigenvalue weighted by atomic mass is 16.2. The zero-order valence-corrected chi connectivity index (χ0v) is 14.5. The first kappa shape index (κ1) is 14.8. The normalized spacial score (nSPS) is 22.3. The topological polar surface area (TPSA) is 36.1 Å². The number of carbonyl (C=O) groups excluding carboxylic acids is 1. The lowest BCUT2D eigenvalue weighted by atomic mass is 9.87. The van der Waals surface area contributed by atoms with Crippen LogP contribution in [0.4, 0.5) is 0 Å². The number of carbonyl (C=O) groups is 1. The molecule has 5 rings (SSSR count). The molecule has 3 nitrogen and oxygen atoms in total. The van der Waals surface area contributed by atoms with Crippen molar-refractivity contribution in [3.63, 3.8) is 0 Å². The molecule has 0 aliphatic carbocycles. The van der Waals surface area contributed by atoms with Gasteiger partial charge in [0.15, 0.2) is 0 Å². The number of aromatic nitrogens is 1. The lowest BCUT2D eigenvalue weighted by Crippen LogP contribution is -2.35. The Morgan fingerprint density at radius 1 is 1.12 bits per heavy atom. The number of aryl methyl sites for hydroxylation is 1. The molecule has 2 aliphatic rings. The highest BCUT2D eigenvalue weighted by molar-refractivity contribution is 5.89. The van der Waals surface area contributed by atoms with Gasteiger partial charge in [0, 0.05) is 29.6 Å². The van der Waals surface area contributed by atoms with Gasteiger partial charge in [-0.3, -0.25) is 4.79 Å². The maximum atomic E-state index is 12.6. The minimum Gasteiger partial charge on any atom is -0.356 e. The molecule has 1 N–H and O–H groups in total. The van der Waals surface area contributed by atoms with Gasteiger partial charge in [0.05, 0.1) is 6.04 Å². The third kappa shape index (κ3) is 2.22. The Morgan fingerprint density at radius 2 is 1.96 bits per heavy atom. The molecule has 2 atom stereocenters. The summed E-state index contributed by atoms with van der Waals surface area (Å²) in [6.07, 6.45) is 2.58. The SMILES string of the molecule is Cc1cccc2c3c([nH]c12)[C@@H]1[C@H](Cc2ccccc2)CC(=O)N1CC3. The van der Waals surface area contributed by atoms with Crippen molar-refractivity contribution in [3.05, 3.63) is 70.9 Å². The van der Waals surface area contributed by atoms with Crippen LogP contribution in [0, 0.1) is 12.8 Å². The molecule has 0 spiro atoms. The first-order valence-electron chi connectivity index (χ1n) is 9.16. The molecule has 2 aromatic carbocycles. The number of nitrogens with zero attached hydrogens (tertiary/aromatic N) is 1. The van der Waals surface area contributed by atoms with E-state index < -0.39 is 0 Å². The summed E-state index contributed by atoms with van der Waals surface area (Å²) in [5.74, 6) is 0.661. The molecule has 0 radical (unpaired) electrons. The average Bonchev–Trinajstić information content (AvgIpc) is 3.15. The van der Waals surface area contributed by atoms with Crippen molar-refractivity contribution in [3.8, 4) is 0 Å². The lowest BCUT2D eigenvalue weighted by molar-refractivity contribution is -0.129. The zero-order valence-electron chi connectivity index (χ0n) is 14.5. The maximum Gasteiger partial charge on any atom is 0.223 e. The molecule has 3 aromatic rings. The largest absolute Gasteiger partial charge is 0.356 e. The van der Waals surface area contributed by atoms with Gasteiger partial charge in [0.1, 0.15) is 0 Å². The second-order valence-electron chi connectivity index (χ2n) is 7.45. The molecule has 3 heterocycles. The van der Waals surface area contributed by atoms with Gasteiger partial charge in [-0.15, -0.1) is 0 Å². The van der Waals surface area contributed by atoms with Crippen molar-refractivity contribution in [1.29, 1.82) is 0 Å². The summed E-state index contributed by atoms with van der Waals surface area (Å²) < 4.78 is 0. The van der Waals surface area contributed by atoms with E-state index in [0.29, 0.717) is 18.2 Å². The van der Waals surface area contributed by atoms with Crippen LogP contribution in [-0.2, 0) is 17.6 Å². The van der Waals surface area contributed by atoms with Gasteiger partial charge in [0.25, 0.3) is 0 Å². The number of para-hydroxylation sites is 1. The number of H-pyrrole nitrogens is 1. The quantitative estimate of drug-likeness (QED) is 0.752. The van der Waals surface area contributed by atoms with E-state index >= 15 is 0 Å². The second kappa shape index (κ2) is 5.48. The van der Waals surface area contributed by atoms with Crippen LogP contribution in [-0.4, -0.2) is 22.3 Å². The van der Waals surface area contributed by atoms with Crippen molar-refractivity contribution in [1.82, 2.24) is 9.88 Å². The average molecular weight is 330 g/mol. The summed E-state index contributed by atoms with van der Waals surface area (Å²) in [6.45, 7) is 3.01. The molecule has 0 saturated carbocycles. The van der Waals surface area contributed by atoms with E-state index in [1.54, 1.807) is 0 Å². The summed E-state index contributed by atoms with van der Waals surface area (Å²) >= 11 is 0. The van der Waals surface area contributed by atoms with Gasteiger partial charge in [-0.1, -0.05) is 48.5 Å². The van der Waals surface area contributed by atoms with Gasteiger partial charge >= 0.3 is 0 Å². The smallest absolute Gasteiger partial charge is 0.223 e. The summed E-state index contributed by atoms with van der Waals surface area (Å²) in [6, 6.07) is 17.3. The molecule has 1 amide bonds. The fourth-order valence-electron chi connectivity index (χ4n) is 4.81. The van der Waals surface area contributed by atoms with Crippen molar-refractivity contribution < 1.29 is 4.79 Å². The van der Waals surface area contributed by atoms with Gasteiger partial charge in [-0.2, -0.15) is 0 Å². The van der Waals surface area contributed by atoms with E-state index in [0.717, 1.165) is 19.4 Å². The summed E-state index contributed by atoms with van der Waals surface area (Å²) in [7, 11) is 0. The van der Waals surface area contributed by atoms with Crippen LogP contribution in [0.3, 0.4) is 0 Å². The zero-order chi connectivity index (χ0) is 17.0. The van der Waals surface area contributed by atoms with E-state index in [9.17, 15) is 4.79 Å². The molecule has 1 fully saturated rings. The number of fused-ring (bicyclic) bond motifs is 5. The van der Waals surface area contributed by atoms with Crippen LogP contribution < -0.4 is 0 Å². The van der Waals surface area contributed by atoms with E-state index in [1.165, 1.54) is 33.3 Å².